The van der Waals surface area contributed by atoms with Crippen molar-refractivity contribution in [2.45, 2.75) is 69.4 Å². The zero-order valence-corrected chi connectivity index (χ0v) is 19.6. The fourth-order valence-electron chi connectivity index (χ4n) is 6.14. The van der Waals surface area contributed by atoms with E-state index in [9.17, 15) is 4.79 Å². The minimum absolute atomic E-state index is 0.0521. The van der Waals surface area contributed by atoms with Gasteiger partial charge in [-0.3, -0.25) is 9.78 Å². The van der Waals surface area contributed by atoms with Gasteiger partial charge in [-0.1, -0.05) is 6.07 Å². The number of carbonyl (C=O) groups is 1. The van der Waals surface area contributed by atoms with Crippen LogP contribution >= 0.6 is 0 Å². The smallest absolute Gasteiger partial charge is 0.292 e. The second-order valence-corrected chi connectivity index (χ2v) is 10.2. The number of rotatable bonds is 4. The highest BCUT2D eigenvalue weighted by molar-refractivity contribution is 5.91. The van der Waals surface area contributed by atoms with Crippen molar-refractivity contribution in [3.8, 4) is 11.1 Å². The normalized spacial score (nSPS) is 23.8. The highest BCUT2D eigenvalue weighted by Gasteiger charge is 2.46. The van der Waals surface area contributed by atoms with Crippen LogP contribution in [0.25, 0.3) is 16.8 Å². The molecule has 3 aliphatic rings. The third-order valence-corrected chi connectivity index (χ3v) is 7.93. The van der Waals surface area contributed by atoms with Gasteiger partial charge >= 0.3 is 0 Å². The molecule has 2 bridgehead atoms. The Bertz CT molecular complexity index is 1410. The molecule has 0 spiro atoms. The average Bonchev–Trinajstić information content (AvgIpc) is 3.25. The highest BCUT2D eigenvalue weighted by Crippen LogP contribution is 2.50. The van der Waals surface area contributed by atoms with E-state index in [1.54, 1.807) is 4.52 Å². The van der Waals surface area contributed by atoms with Crippen molar-refractivity contribution >= 4 is 17.4 Å². The maximum absolute atomic E-state index is 13.1. The van der Waals surface area contributed by atoms with Gasteiger partial charge in [-0.15, -0.1) is 10.2 Å². The zero-order chi connectivity index (χ0) is 23.7. The average molecular weight is 470 g/mol. The van der Waals surface area contributed by atoms with Crippen LogP contribution in [0.4, 0.5) is 5.82 Å². The molecule has 1 amide bonds. The van der Waals surface area contributed by atoms with Crippen molar-refractivity contribution in [3.05, 3.63) is 53.6 Å². The number of hydrogen-bond donors (Lipinski definition) is 2. The molecule has 4 aromatic rings. The van der Waals surface area contributed by atoms with E-state index in [4.69, 9.17) is 10.7 Å². The second kappa shape index (κ2) is 7.59. The summed E-state index contributed by atoms with van der Waals surface area (Å²) in [6.07, 6.45) is 11.2. The minimum Gasteiger partial charge on any atom is -0.383 e. The number of aromatic nitrogens is 7. The van der Waals surface area contributed by atoms with Crippen molar-refractivity contribution in [2.24, 2.45) is 0 Å². The maximum Gasteiger partial charge on any atom is 0.292 e. The molecule has 10 nitrogen and oxygen atoms in total. The van der Waals surface area contributed by atoms with Crippen molar-refractivity contribution < 1.29 is 4.79 Å². The van der Waals surface area contributed by atoms with E-state index < -0.39 is 0 Å². The number of amides is 1. The fourth-order valence-corrected chi connectivity index (χ4v) is 6.14. The first-order chi connectivity index (χ1) is 17.1. The van der Waals surface area contributed by atoms with Crippen LogP contribution in [-0.2, 0) is 0 Å². The Kier molecular flexibility index (Phi) is 4.46. The molecule has 2 aliphatic heterocycles. The molecule has 178 valence electrons. The summed E-state index contributed by atoms with van der Waals surface area (Å²) in [5.41, 5.74) is 12.7. The molecule has 3 atom stereocenters. The molecule has 3 fully saturated rings. The van der Waals surface area contributed by atoms with E-state index in [0.717, 1.165) is 72.3 Å². The van der Waals surface area contributed by atoms with Crippen molar-refractivity contribution in [2.75, 3.05) is 5.73 Å². The molecular weight excluding hydrogens is 442 g/mol. The lowest BCUT2D eigenvalue weighted by Gasteiger charge is -2.39. The molecule has 35 heavy (non-hydrogen) atoms. The van der Waals surface area contributed by atoms with Crippen LogP contribution in [0, 0.1) is 6.92 Å². The van der Waals surface area contributed by atoms with Crippen LogP contribution in [0.1, 0.15) is 77.9 Å². The Balaban J connectivity index is 1.29. The molecule has 4 aromatic heterocycles. The summed E-state index contributed by atoms with van der Waals surface area (Å²) in [6, 6.07) is 4.40. The van der Waals surface area contributed by atoms with Crippen LogP contribution < -0.4 is 5.73 Å². The van der Waals surface area contributed by atoms with Gasteiger partial charge in [0.1, 0.15) is 12.1 Å². The summed E-state index contributed by atoms with van der Waals surface area (Å²) in [5.74, 6) is 1.67. The van der Waals surface area contributed by atoms with Gasteiger partial charge in [0.25, 0.3) is 5.91 Å². The Labute approximate surface area is 202 Å². The number of nitrogens with two attached hydrogens (primary N) is 1. The SMILES string of the molecule is Cc1ccc(-c2cnn3c(N)c(C4CC4)c([C@H]4C[C@H]5CC[C@@H](C4)N5C(=O)c4nnc[nH]4)nc23)cn1. The van der Waals surface area contributed by atoms with Crippen LogP contribution in [-0.4, -0.2) is 57.7 Å². The minimum atomic E-state index is -0.0521. The van der Waals surface area contributed by atoms with Gasteiger partial charge in [-0.2, -0.15) is 9.61 Å². The summed E-state index contributed by atoms with van der Waals surface area (Å²) in [5, 5.41) is 12.4. The summed E-state index contributed by atoms with van der Waals surface area (Å²) >= 11 is 0. The topological polar surface area (TPSA) is 131 Å². The number of aryl methyl sites for hydroxylation is 1. The van der Waals surface area contributed by atoms with E-state index in [1.807, 2.05) is 30.3 Å². The molecule has 2 saturated heterocycles. The second-order valence-electron chi connectivity index (χ2n) is 10.2. The number of nitrogens with one attached hydrogen (secondary N) is 1. The molecule has 10 heteroatoms. The first-order valence-electron chi connectivity index (χ1n) is 12.4. The van der Waals surface area contributed by atoms with Crippen LogP contribution in [0.2, 0.25) is 0 Å². The van der Waals surface area contributed by atoms with Gasteiger partial charge < -0.3 is 15.6 Å². The molecule has 1 aliphatic carbocycles. The molecule has 0 radical (unpaired) electrons. The van der Waals surface area contributed by atoms with Gasteiger partial charge in [-0.25, -0.2) is 4.98 Å². The number of piperidine rings is 1. The van der Waals surface area contributed by atoms with Gasteiger partial charge in [0.05, 0.1) is 11.9 Å². The van der Waals surface area contributed by atoms with Crippen molar-refractivity contribution in [3.63, 3.8) is 0 Å². The molecule has 0 aromatic carbocycles. The lowest BCUT2D eigenvalue weighted by atomic mass is 9.85. The first-order valence-corrected chi connectivity index (χ1v) is 12.4. The fraction of sp³-hybridized carbons (Fsp3) is 0.440. The van der Waals surface area contributed by atoms with Gasteiger partial charge in [0.15, 0.2) is 5.65 Å². The molecule has 7 rings (SSSR count). The molecular formula is C25H27N9O. The Morgan fingerprint density at radius 2 is 1.89 bits per heavy atom. The number of hydrogen-bond acceptors (Lipinski definition) is 7. The van der Waals surface area contributed by atoms with E-state index in [-0.39, 0.29) is 23.9 Å². The number of pyridine rings is 1. The van der Waals surface area contributed by atoms with E-state index in [1.165, 1.54) is 6.33 Å². The van der Waals surface area contributed by atoms with Crippen LogP contribution in [0.15, 0.2) is 30.9 Å². The number of aromatic amines is 1. The summed E-state index contributed by atoms with van der Waals surface area (Å²) in [7, 11) is 0. The van der Waals surface area contributed by atoms with E-state index in [0.29, 0.717) is 17.6 Å². The van der Waals surface area contributed by atoms with Crippen molar-refractivity contribution in [1.29, 1.82) is 0 Å². The number of nitrogen functional groups attached to an aromatic ring is 1. The zero-order valence-electron chi connectivity index (χ0n) is 19.6. The largest absolute Gasteiger partial charge is 0.383 e. The van der Waals surface area contributed by atoms with Crippen LogP contribution in [0.5, 0.6) is 0 Å². The lowest BCUT2D eigenvalue weighted by Crippen LogP contribution is -2.46. The summed E-state index contributed by atoms with van der Waals surface area (Å²) in [4.78, 5) is 27.7. The van der Waals surface area contributed by atoms with Crippen molar-refractivity contribution in [1.82, 2.24) is 39.7 Å². The van der Waals surface area contributed by atoms with Crippen LogP contribution in [0.3, 0.4) is 0 Å². The van der Waals surface area contributed by atoms with E-state index >= 15 is 0 Å². The lowest BCUT2D eigenvalue weighted by molar-refractivity contribution is 0.0557. The van der Waals surface area contributed by atoms with Gasteiger partial charge in [-0.05, 0) is 57.4 Å². The number of H-pyrrole nitrogens is 1. The molecule has 1 saturated carbocycles. The van der Waals surface area contributed by atoms with Gasteiger partial charge in [0, 0.05) is 46.6 Å². The summed E-state index contributed by atoms with van der Waals surface area (Å²) in [6.45, 7) is 1.98. The quantitative estimate of drug-likeness (QED) is 0.469. The predicted octanol–water partition coefficient (Wildman–Crippen LogP) is 3.23. The first kappa shape index (κ1) is 20.5. The third kappa shape index (κ3) is 3.23. The third-order valence-electron chi connectivity index (χ3n) is 7.93. The number of fused-ring (bicyclic) bond motifs is 3. The Morgan fingerprint density at radius 1 is 1.09 bits per heavy atom. The summed E-state index contributed by atoms with van der Waals surface area (Å²) < 4.78 is 1.80. The Morgan fingerprint density at radius 3 is 2.54 bits per heavy atom. The molecule has 0 unspecified atom stereocenters. The van der Waals surface area contributed by atoms with E-state index in [2.05, 4.69) is 31.3 Å². The monoisotopic (exact) mass is 469 g/mol. The maximum atomic E-state index is 13.1. The standard InChI is InChI=1S/C25H27N9O/c1-13-2-3-15(10-27-13)19-11-30-34-22(26)20(14-4-5-14)21(31-24(19)34)16-8-17-6-7-18(9-16)33(17)25(35)23-28-12-29-32-23/h2-3,10-12,14,16-18H,4-9,26H2,1H3,(H,28,29,32)/t16-,17+,18-. The molecule has 6 heterocycles. The number of nitrogens with zero attached hydrogens (tertiary/aromatic N) is 7. The number of anilines is 1. The predicted molar refractivity (Wildman–Crippen MR) is 129 cm³/mol. The number of carbonyl (C=O) groups excluding carboxylic acids is 1. The Hall–Kier alpha value is -3.82. The molecule has 3 N–H and O–H groups in total. The van der Waals surface area contributed by atoms with Gasteiger partial charge in [0.2, 0.25) is 5.82 Å². The highest BCUT2D eigenvalue weighted by atomic mass is 16.2.